The summed E-state index contributed by atoms with van der Waals surface area (Å²) in [5, 5.41) is 10.2. The molecule has 1 unspecified atom stereocenters. The molecule has 1 aliphatic rings. The number of H-pyrrole nitrogens is 1. The third-order valence-corrected chi connectivity index (χ3v) is 3.44. The zero-order valence-corrected chi connectivity index (χ0v) is 11.6. The molecule has 1 aliphatic heterocycles. The van der Waals surface area contributed by atoms with Gasteiger partial charge in [0.1, 0.15) is 0 Å². The minimum atomic E-state index is 0.238. The van der Waals surface area contributed by atoms with Crippen LogP contribution < -0.4 is 14.8 Å². The number of nitrogens with zero attached hydrogens (tertiary/aromatic N) is 1. The lowest BCUT2D eigenvalue weighted by Gasteiger charge is -2.16. The molecule has 0 saturated heterocycles. The van der Waals surface area contributed by atoms with Crippen LogP contribution in [0.1, 0.15) is 30.5 Å². The highest BCUT2D eigenvalue weighted by molar-refractivity contribution is 5.44. The topological polar surface area (TPSA) is 59.2 Å². The van der Waals surface area contributed by atoms with E-state index in [1.165, 1.54) is 5.56 Å². The van der Waals surface area contributed by atoms with E-state index in [0.29, 0.717) is 6.61 Å². The van der Waals surface area contributed by atoms with Crippen molar-refractivity contribution in [1.29, 1.82) is 0 Å². The van der Waals surface area contributed by atoms with E-state index in [4.69, 9.17) is 9.47 Å². The van der Waals surface area contributed by atoms with Crippen molar-refractivity contribution in [2.75, 3.05) is 13.2 Å². The summed E-state index contributed by atoms with van der Waals surface area (Å²) >= 11 is 0. The first-order chi connectivity index (χ1) is 9.83. The Kier molecular flexibility index (Phi) is 3.87. The highest BCUT2D eigenvalue weighted by Crippen LogP contribution is 2.32. The summed E-state index contributed by atoms with van der Waals surface area (Å²) < 4.78 is 11.4. The van der Waals surface area contributed by atoms with Gasteiger partial charge in [-0.3, -0.25) is 5.10 Å². The van der Waals surface area contributed by atoms with Crippen LogP contribution in [-0.2, 0) is 6.54 Å². The third-order valence-electron chi connectivity index (χ3n) is 3.44. The summed E-state index contributed by atoms with van der Waals surface area (Å²) in [7, 11) is 0. The average molecular weight is 273 g/mol. The van der Waals surface area contributed by atoms with Crippen LogP contribution in [0.3, 0.4) is 0 Å². The maximum atomic E-state index is 5.72. The van der Waals surface area contributed by atoms with Crippen molar-refractivity contribution < 1.29 is 9.47 Å². The standard InChI is InChI=1S/C15H19N3O2/c1-11(16-8-12-9-17-18-10-12)13-3-4-14-15(7-13)20-6-2-5-19-14/h3-4,7,9-11,16H,2,5-6,8H2,1H3,(H,17,18). The van der Waals surface area contributed by atoms with Gasteiger partial charge in [0.2, 0.25) is 0 Å². The molecule has 0 bridgehead atoms. The van der Waals surface area contributed by atoms with E-state index in [-0.39, 0.29) is 6.04 Å². The van der Waals surface area contributed by atoms with Crippen LogP contribution in [0.5, 0.6) is 11.5 Å². The van der Waals surface area contributed by atoms with Crippen molar-refractivity contribution in [3.05, 3.63) is 41.7 Å². The maximum absolute atomic E-state index is 5.72. The summed E-state index contributed by atoms with van der Waals surface area (Å²) in [5.41, 5.74) is 2.34. The molecule has 0 radical (unpaired) electrons. The van der Waals surface area contributed by atoms with E-state index < -0.39 is 0 Å². The number of ether oxygens (including phenoxy) is 2. The van der Waals surface area contributed by atoms with Crippen molar-refractivity contribution in [1.82, 2.24) is 15.5 Å². The normalized spacial score (nSPS) is 15.7. The SMILES string of the molecule is CC(NCc1cn[nH]c1)c1ccc2c(c1)OCCCO2. The summed E-state index contributed by atoms with van der Waals surface area (Å²) in [5.74, 6) is 1.69. The lowest BCUT2D eigenvalue weighted by atomic mass is 10.1. The summed E-state index contributed by atoms with van der Waals surface area (Å²) in [6.45, 7) is 4.36. The van der Waals surface area contributed by atoms with E-state index in [9.17, 15) is 0 Å². The second kappa shape index (κ2) is 5.96. The number of fused-ring (bicyclic) bond motifs is 1. The number of aromatic amines is 1. The number of nitrogens with one attached hydrogen (secondary N) is 2. The summed E-state index contributed by atoms with van der Waals surface area (Å²) in [6.07, 6.45) is 4.65. The molecule has 5 heteroatoms. The van der Waals surface area contributed by atoms with E-state index in [1.54, 1.807) is 0 Å². The van der Waals surface area contributed by atoms with Crippen molar-refractivity contribution in [2.45, 2.75) is 25.9 Å². The first-order valence-corrected chi connectivity index (χ1v) is 6.93. The van der Waals surface area contributed by atoms with Gasteiger partial charge in [0.25, 0.3) is 0 Å². The number of hydrogen-bond donors (Lipinski definition) is 2. The van der Waals surface area contributed by atoms with Gasteiger partial charge >= 0.3 is 0 Å². The second-order valence-corrected chi connectivity index (χ2v) is 4.97. The molecule has 1 aromatic carbocycles. The molecule has 20 heavy (non-hydrogen) atoms. The Balaban J connectivity index is 1.68. The Labute approximate surface area is 118 Å². The van der Waals surface area contributed by atoms with E-state index >= 15 is 0 Å². The molecule has 3 rings (SSSR count). The van der Waals surface area contributed by atoms with Gasteiger partial charge in [-0.2, -0.15) is 5.10 Å². The fraction of sp³-hybridized carbons (Fsp3) is 0.400. The summed E-state index contributed by atoms with van der Waals surface area (Å²) in [6, 6.07) is 6.38. The molecule has 5 nitrogen and oxygen atoms in total. The van der Waals surface area contributed by atoms with Crippen LogP contribution in [0, 0.1) is 0 Å². The van der Waals surface area contributed by atoms with Gasteiger partial charge in [-0.1, -0.05) is 6.07 Å². The minimum Gasteiger partial charge on any atom is -0.490 e. The molecular formula is C15H19N3O2. The molecule has 0 fully saturated rings. The van der Waals surface area contributed by atoms with Gasteiger partial charge in [0.05, 0.1) is 19.4 Å². The Bertz CT molecular complexity index is 554. The molecule has 0 aliphatic carbocycles. The van der Waals surface area contributed by atoms with Gasteiger partial charge < -0.3 is 14.8 Å². The van der Waals surface area contributed by atoms with Crippen LogP contribution in [0.2, 0.25) is 0 Å². The summed E-state index contributed by atoms with van der Waals surface area (Å²) in [4.78, 5) is 0. The fourth-order valence-electron chi connectivity index (χ4n) is 2.21. The van der Waals surface area contributed by atoms with Crippen LogP contribution in [0.4, 0.5) is 0 Å². The smallest absolute Gasteiger partial charge is 0.161 e. The minimum absolute atomic E-state index is 0.238. The van der Waals surface area contributed by atoms with Crippen LogP contribution in [0.15, 0.2) is 30.6 Å². The number of benzene rings is 1. The van der Waals surface area contributed by atoms with Crippen molar-refractivity contribution >= 4 is 0 Å². The lowest BCUT2D eigenvalue weighted by Crippen LogP contribution is -2.17. The highest BCUT2D eigenvalue weighted by Gasteiger charge is 2.13. The maximum Gasteiger partial charge on any atom is 0.161 e. The van der Waals surface area contributed by atoms with Gasteiger partial charge in [-0.15, -0.1) is 0 Å². The Morgan fingerprint density at radius 2 is 2.15 bits per heavy atom. The van der Waals surface area contributed by atoms with E-state index in [0.717, 1.165) is 36.6 Å². The highest BCUT2D eigenvalue weighted by atomic mass is 16.5. The largest absolute Gasteiger partial charge is 0.490 e. The Hall–Kier alpha value is -2.01. The fourth-order valence-corrected chi connectivity index (χ4v) is 2.21. The molecule has 2 heterocycles. The predicted octanol–water partition coefficient (Wildman–Crippen LogP) is 2.42. The van der Waals surface area contributed by atoms with Gasteiger partial charge in [0, 0.05) is 30.8 Å². The van der Waals surface area contributed by atoms with Gasteiger partial charge in [-0.05, 0) is 24.6 Å². The van der Waals surface area contributed by atoms with E-state index in [2.05, 4.69) is 34.6 Å². The van der Waals surface area contributed by atoms with Crippen LogP contribution in [0.25, 0.3) is 0 Å². The van der Waals surface area contributed by atoms with Gasteiger partial charge in [-0.25, -0.2) is 0 Å². The van der Waals surface area contributed by atoms with E-state index in [1.807, 2.05) is 18.5 Å². The average Bonchev–Trinajstić information content (AvgIpc) is 2.88. The molecule has 1 atom stereocenters. The molecule has 106 valence electrons. The first-order valence-electron chi connectivity index (χ1n) is 6.93. The first kappa shape index (κ1) is 13.0. The Morgan fingerprint density at radius 3 is 2.95 bits per heavy atom. The molecular weight excluding hydrogens is 254 g/mol. The molecule has 0 spiro atoms. The molecule has 0 saturated carbocycles. The molecule has 0 amide bonds. The van der Waals surface area contributed by atoms with Crippen molar-refractivity contribution in [3.8, 4) is 11.5 Å². The molecule has 2 N–H and O–H groups in total. The van der Waals surface area contributed by atoms with Crippen LogP contribution >= 0.6 is 0 Å². The monoisotopic (exact) mass is 273 g/mol. The molecule has 1 aromatic heterocycles. The lowest BCUT2D eigenvalue weighted by molar-refractivity contribution is 0.297. The third kappa shape index (κ3) is 2.93. The van der Waals surface area contributed by atoms with Crippen molar-refractivity contribution in [3.63, 3.8) is 0 Å². The second-order valence-electron chi connectivity index (χ2n) is 4.97. The van der Waals surface area contributed by atoms with Crippen molar-refractivity contribution in [2.24, 2.45) is 0 Å². The quantitative estimate of drug-likeness (QED) is 0.898. The number of rotatable bonds is 4. The number of aromatic nitrogens is 2. The van der Waals surface area contributed by atoms with Gasteiger partial charge in [0.15, 0.2) is 11.5 Å². The predicted molar refractivity (Wildman–Crippen MR) is 75.9 cm³/mol. The Morgan fingerprint density at radius 1 is 1.30 bits per heavy atom. The number of hydrogen-bond acceptors (Lipinski definition) is 4. The molecule has 2 aromatic rings. The van der Waals surface area contributed by atoms with Crippen LogP contribution in [-0.4, -0.2) is 23.4 Å². The zero-order valence-electron chi connectivity index (χ0n) is 11.6. The zero-order chi connectivity index (χ0) is 13.8.